The lowest BCUT2D eigenvalue weighted by Crippen LogP contribution is -2.32. The lowest BCUT2D eigenvalue weighted by Gasteiger charge is -2.08. The number of anilines is 1. The molecule has 2 aromatic rings. The normalized spacial score (nSPS) is 11.4. The minimum atomic E-state index is -0.121. The summed E-state index contributed by atoms with van der Waals surface area (Å²) in [5.74, 6) is 0.339. The van der Waals surface area contributed by atoms with Crippen LogP contribution in [0.2, 0.25) is 0 Å². The van der Waals surface area contributed by atoms with Crippen LogP contribution < -0.4 is 16.4 Å². The molecule has 7 nitrogen and oxygen atoms in total. The molecular weight excluding hydrogens is 352 g/mol. The molecule has 1 amide bonds. The summed E-state index contributed by atoms with van der Waals surface area (Å²) in [6.07, 6.45) is 10.9. The molecule has 0 unspecified atom stereocenters. The molecule has 0 saturated carbocycles. The summed E-state index contributed by atoms with van der Waals surface area (Å²) in [5.41, 5.74) is 7.66. The second-order valence-electron chi connectivity index (χ2n) is 6.85. The Morgan fingerprint density at radius 1 is 1.18 bits per heavy atom. The first-order chi connectivity index (χ1) is 13.7. The highest BCUT2D eigenvalue weighted by molar-refractivity contribution is 5.90. The first-order valence-electron chi connectivity index (χ1n) is 10.1. The second kappa shape index (κ2) is 12.5. The number of amides is 1. The Hall–Kier alpha value is -2.83. The van der Waals surface area contributed by atoms with Crippen LogP contribution in [0.1, 0.15) is 51.0 Å². The van der Waals surface area contributed by atoms with Gasteiger partial charge in [0.15, 0.2) is 5.96 Å². The largest absolute Gasteiger partial charge is 0.370 e. The third kappa shape index (κ3) is 8.70. The number of carbonyl (C=O) groups excluding carboxylic acids is 1. The maximum Gasteiger partial charge on any atom is 0.246 e. The number of benzene rings is 1. The summed E-state index contributed by atoms with van der Waals surface area (Å²) in [4.78, 5) is 16.4. The predicted molar refractivity (Wildman–Crippen MR) is 114 cm³/mol. The van der Waals surface area contributed by atoms with E-state index in [0.29, 0.717) is 12.5 Å². The van der Waals surface area contributed by atoms with Crippen LogP contribution in [0.4, 0.5) is 5.69 Å². The zero-order valence-electron chi connectivity index (χ0n) is 16.7. The molecule has 0 aliphatic rings. The molecule has 0 spiro atoms. The van der Waals surface area contributed by atoms with Crippen molar-refractivity contribution in [2.75, 3.05) is 11.9 Å². The first kappa shape index (κ1) is 21.5. The molecule has 4 N–H and O–H groups in total. The lowest BCUT2D eigenvalue weighted by molar-refractivity contribution is -0.116. The summed E-state index contributed by atoms with van der Waals surface area (Å²) < 4.78 is 1.58. The third-order valence-corrected chi connectivity index (χ3v) is 4.34. The number of nitrogens with one attached hydrogen (secondary N) is 2. The van der Waals surface area contributed by atoms with Gasteiger partial charge in [-0.2, -0.15) is 5.10 Å². The van der Waals surface area contributed by atoms with Crippen molar-refractivity contribution in [1.82, 2.24) is 15.1 Å². The molecule has 0 saturated heterocycles. The standard InChI is InChI=1S/C21H32N6O/c1-2-3-4-5-6-7-12-23-21(22)24-16-18-10-8-11-19(15-18)26-20(28)17-27-14-9-13-25-27/h8-11,13-15H,2-7,12,16-17H2,1H3,(H,26,28)(H3,22,23,24). The minimum Gasteiger partial charge on any atom is -0.370 e. The van der Waals surface area contributed by atoms with Gasteiger partial charge in [-0.05, 0) is 30.2 Å². The van der Waals surface area contributed by atoms with Crippen molar-refractivity contribution < 1.29 is 4.79 Å². The van der Waals surface area contributed by atoms with Crippen LogP contribution in [0, 0.1) is 0 Å². The summed E-state index contributed by atoms with van der Waals surface area (Å²) >= 11 is 0. The number of rotatable bonds is 12. The predicted octanol–water partition coefficient (Wildman–Crippen LogP) is 3.29. The Morgan fingerprint density at radius 3 is 2.79 bits per heavy atom. The molecule has 0 aliphatic carbocycles. The molecule has 0 radical (unpaired) electrons. The van der Waals surface area contributed by atoms with Gasteiger partial charge in [0.05, 0.1) is 6.54 Å². The molecule has 7 heteroatoms. The molecule has 1 aromatic heterocycles. The zero-order valence-corrected chi connectivity index (χ0v) is 16.7. The molecule has 0 aliphatic heterocycles. The highest BCUT2D eigenvalue weighted by Gasteiger charge is 2.04. The van der Waals surface area contributed by atoms with Crippen molar-refractivity contribution >= 4 is 17.6 Å². The van der Waals surface area contributed by atoms with E-state index in [1.165, 1.54) is 32.1 Å². The Morgan fingerprint density at radius 2 is 2.00 bits per heavy atom. The highest BCUT2D eigenvalue weighted by Crippen LogP contribution is 2.12. The average molecular weight is 385 g/mol. The van der Waals surface area contributed by atoms with Crippen molar-refractivity contribution in [3.8, 4) is 0 Å². The average Bonchev–Trinajstić information content (AvgIpc) is 3.19. The van der Waals surface area contributed by atoms with Gasteiger partial charge in [-0.3, -0.25) is 9.48 Å². The van der Waals surface area contributed by atoms with E-state index >= 15 is 0 Å². The van der Waals surface area contributed by atoms with E-state index in [1.807, 2.05) is 24.3 Å². The van der Waals surface area contributed by atoms with Gasteiger partial charge >= 0.3 is 0 Å². The number of aliphatic imine (C=N–C) groups is 1. The number of guanidine groups is 1. The van der Waals surface area contributed by atoms with E-state index in [-0.39, 0.29) is 12.5 Å². The van der Waals surface area contributed by atoms with Crippen molar-refractivity contribution in [3.05, 3.63) is 48.3 Å². The van der Waals surface area contributed by atoms with E-state index in [0.717, 1.165) is 24.2 Å². The molecular formula is C21H32N6O. The lowest BCUT2D eigenvalue weighted by atomic mass is 10.1. The van der Waals surface area contributed by atoms with Crippen molar-refractivity contribution in [1.29, 1.82) is 0 Å². The quantitative estimate of drug-likeness (QED) is 0.297. The minimum absolute atomic E-state index is 0.121. The Bertz CT molecular complexity index is 726. The summed E-state index contributed by atoms with van der Waals surface area (Å²) in [6.45, 7) is 3.73. The van der Waals surface area contributed by atoms with Gasteiger partial charge < -0.3 is 16.4 Å². The fraction of sp³-hybridized carbons (Fsp3) is 0.476. The van der Waals surface area contributed by atoms with Gasteiger partial charge in [-0.1, -0.05) is 51.2 Å². The van der Waals surface area contributed by atoms with E-state index in [1.54, 1.807) is 23.1 Å². The molecule has 28 heavy (non-hydrogen) atoms. The van der Waals surface area contributed by atoms with Crippen molar-refractivity contribution in [2.24, 2.45) is 10.7 Å². The molecule has 152 valence electrons. The maximum atomic E-state index is 12.1. The second-order valence-corrected chi connectivity index (χ2v) is 6.85. The van der Waals surface area contributed by atoms with Crippen LogP contribution in [0.3, 0.4) is 0 Å². The number of aromatic nitrogens is 2. The van der Waals surface area contributed by atoms with Crippen LogP contribution in [0.5, 0.6) is 0 Å². The summed E-state index contributed by atoms with van der Waals surface area (Å²) in [7, 11) is 0. The summed E-state index contributed by atoms with van der Waals surface area (Å²) in [6, 6.07) is 9.42. The number of hydrogen-bond donors (Lipinski definition) is 3. The number of carbonyl (C=O) groups is 1. The van der Waals surface area contributed by atoms with Gasteiger partial charge in [-0.15, -0.1) is 0 Å². The van der Waals surface area contributed by atoms with Crippen molar-refractivity contribution in [3.63, 3.8) is 0 Å². The highest BCUT2D eigenvalue weighted by atomic mass is 16.2. The van der Waals surface area contributed by atoms with E-state index in [9.17, 15) is 4.79 Å². The topological polar surface area (TPSA) is 97.3 Å². The molecule has 0 atom stereocenters. The van der Waals surface area contributed by atoms with E-state index in [2.05, 4.69) is 27.6 Å². The first-order valence-corrected chi connectivity index (χ1v) is 10.1. The number of nitrogens with two attached hydrogens (primary N) is 1. The smallest absolute Gasteiger partial charge is 0.246 e. The van der Waals surface area contributed by atoms with Gasteiger partial charge in [-0.25, -0.2) is 4.99 Å². The molecule has 2 rings (SSSR count). The van der Waals surface area contributed by atoms with Gasteiger partial charge in [0.25, 0.3) is 0 Å². The van der Waals surface area contributed by atoms with Gasteiger partial charge in [0.1, 0.15) is 6.54 Å². The number of nitrogens with zero attached hydrogens (tertiary/aromatic N) is 3. The van der Waals surface area contributed by atoms with Crippen LogP contribution in [-0.4, -0.2) is 28.2 Å². The fourth-order valence-corrected chi connectivity index (χ4v) is 2.84. The zero-order chi connectivity index (χ0) is 20.0. The van der Waals surface area contributed by atoms with Crippen LogP contribution in [-0.2, 0) is 17.9 Å². The van der Waals surface area contributed by atoms with Gasteiger partial charge in [0.2, 0.25) is 5.91 Å². The fourth-order valence-electron chi connectivity index (χ4n) is 2.84. The van der Waals surface area contributed by atoms with Gasteiger partial charge in [0, 0.05) is 24.6 Å². The maximum absolute atomic E-state index is 12.1. The SMILES string of the molecule is CCCCCCCCNC(N)=NCc1cccc(NC(=O)Cn2cccn2)c1. The Balaban J connectivity index is 1.71. The van der Waals surface area contributed by atoms with Crippen molar-refractivity contribution in [2.45, 2.75) is 58.5 Å². The monoisotopic (exact) mass is 384 g/mol. The Kier molecular flexibility index (Phi) is 9.61. The number of hydrogen-bond acceptors (Lipinski definition) is 3. The van der Waals surface area contributed by atoms with Crippen LogP contribution in [0.25, 0.3) is 0 Å². The van der Waals surface area contributed by atoms with Crippen LogP contribution >= 0.6 is 0 Å². The van der Waals surface area contributed by atoms with E-state index in [4.69, 9.17) is 5.73 Å². The number of unbranched alkanes of at least 4 members (excludes halogenated alkanes) is 5. The third-order valence-electron chi connectivity index (χ3n) is 4.34. The Labute approximate surface area is 167 Å². The van der Waals surface area contributed by atoms with Crippen LogP contribution in [0.15, 0.2) is 47.7 Å². The molecule has 1 heterocycles. The molecule has 1 aromatic carbocycles. The summed E-state index contributed by atoms with van der Waals surface area (Å²) in [5, 5.41) is 10.1. The molecule has 0 fully saturated rings. The van der Waals surface area contributed by atoms with E-state index < -0.39 is 0 Å². The molecule has 0 bridgehead atoms.